The standard InChI is InChI=1S/C24H37N7/c1-8-18-14(2)21(30-23(18)9-17(12-25)28-6)11-24-19(13-27-5)15(3)20(31-24)10-22(29-7)16(4)26/h9-11,16,27,30-31H,7-8,12-13,25-26H2,1-6H3/b21-11-,22-10-,23-9-,28-17?. The zero-order valence-electron chi connectivity index (χ0n) is 19.7. The van der Waals surface area contributed by atoms with E-state index in [0.29, 0.717) is 6.54 Å². The summed E-state index contributed by atoms with van der Waals surface area (Å²) < 4.78 is 0. The Morgan fingerprint density at radius 3 is 2.39 bits per heavy atom. The SMILES string of the molecule is C=N/C(=C\c1[nH]c(/C=c2\[nH]/c(=C\C(CN)=NC)c(CC)c2C)c(CNC)c1C)C(C)N. The third-order valence-electron chi connectivity index (χ3n) is 5.65. The minimum Gasteiger partial charge on any atom is -0.355 e. The van der Waals surface area contributed by atoms with Gasteiger partial charge in [0.1, 0.15) is 0 Å². The van der Waals surface area contributed by atoms with Crippen LogP contribution in [-0.4, -0.2) is 49.1 Å². The summed E-state index contributed by atoms with van der Waals surface area (Å²) in [6.07, 6.45) is 7.11. The van der Waals surface area contributed by atoms with Gasteiger partial charge in [-0.3, -0.25) is 9.98 Å². The monoisotopic (exact) mass is 423 g/mol. The van der Waals surface area contributed by atoms with Gasteiger partial charge >= 0.3 is 0 Å². The molecule has 0 fully saturated rings. The molecule has 0 spiro atoms. The molecule has 0 aromatic carbocycles. The molecular formula is C24H37N7. The summed E-state index contributed by atoms with van der Waals surface area (Å²) >= 11 is 0. The van der Waals surface area contributed by atoms with Crippen LogP contribution in [0.2, 0.25) is 0 Å². The largest absolute Gasteiger partial charge is 0.355 e. The van der Waals surface area contributed by atoms with Crippen LogP contribution in [0.15, 0.2) is 15.7 Å². The highest BCUT2D eigenvalue weighted by molar-refractivity contribution is 6.11. The topological polar surface area (TPSA) is 120 Å². The second-order valence-corrected chi connectivity index (χ2v) is 7.72. The van der Waals surface area contributed by atoms with Crippen LogP contribution in [-0.2, 0) is 13.0 Å². The first-order chi connectivity index (χ1) is 14.8. The van der Waals surface area contributed by atoms with E-state index < -0.39 is 0 Å². The van der Waals surface area contributed by atoms with E-state index in [0.717, 1.165) is 52.0 Å². The Kier molecular flexibility index (Phi) is 8.74. The van der Waals surface area contributed by atoms with Crippen LogP contribution in [0.5, 0.6) is 0 Å². The minimum absolute atomic E-state index is 0.187. The highest BCUT2D eigenvalue weighted by Crippen LogP contribution is 2.22. The molecule has 0 aliphatic heterocycles. The van der Waals surface area contributed by atoms with E-state index in [2.05, 4.69) is 58.8 Å². The summed E-state index contributed by atoms with van der Waals surface area (Å²) in [7, 11) is 3.72. The quantitative estimate of drug-likeness (QED) is 0.391. The fourth-order valence-electron chi connectivity index (χ4n) is 3.75. The smallest absolute Gasteiger partial charge is 0.0581 e. The molecule has 2 rings (SSSR count). The first kappa shape index (κ1) is 24.5. The van der Waals surface area contributed by atoms with Crippen molar-refractivity contribution in [1.29, 1.82) is 0 Å². The number of hydrogen-bond acceptors (Lipinski definition) is 5. The number of rotatable bonds is 9. The van der Waals surface area contributed by atoms with Crippen molar-refractivity contribution in [2.75, 3.05) is 20.6 Å². The molecule has 2 aromatic rings. The van der Waals surface area contributed by atoms with Gasteiger partial charge in [0.2, 0.25) is 0 Å². The number of aromatic amines is 2. The van der Waals surface area contributed by atoms with Crippen molar-refractivity contribution in [3.05, 3.63) is 50.0 Å². The summed E-state index contributed by atoms with van der Waals surface area (Å²) in [5, 5.41) is 5.40. The molecule has 1 atom stereocenters. The summed E-state index contributed by atoms with van der Waals surface area (Å²) in [4.78, 5) is 15.5. The van der Waals surface area contributed by atoms with Crippen molar-refractivity contribution < 1.29 is 0 Å². The second kappa shape index (κ2) is 11.0. The number of aromatic nitrogens is 2. The van der Waals surface area contributed by atoms with E-state index in [-0.39, 0.29) is 6.04 Å². The normalized spacial score (nSPS) is 15.1. The second-order valence-electron chi connectivity index (χ2n) is 7.72. The molecule has 7 heteroatoms. The van der Waals surface area contributed by atoms with Gasteiger partial charge in [-0.1, -0.05) is 6.92 Å². The van der Waals surface area contributed by atoms with Gasteiger partial charge in [-0.25, -0.2) is 0 Å². The Balaban J connectivity index is 2.73. The molecule has 0 saturated carbocycles. The fourth-order valence-corrected chi connectivity index (χ4v) is 3.75. The van der Waals surface area contributed by atoms with Crippen molar-refractivity contribution >= 4 is 30.7 Å². The Hall–Kier alpha value is -2.74. The lowest BCUT2D eigenvalue weighted by atomic mass is 10.1. The fraction of sp³-hybridized carbons (Fsp3) is 0.417. The van der Waals surface area contributed by atoms with Gasteiger partial charge in [-0.2, -0.15) is 0 Å². The lowest BCUT2D eigenvalue weighted by Gasteiger charge is -2.05. The van der Waals surface area contributed by atoms with Crippen molar-refractivity contribution in [2.45, 2.75) is 46.7 Å². The predicted octanol–water partition coefficient (Wildman–Crippen LogP) is 1.27. The Morgan fingerprint density at radius 2 is 1.87 bits per heavy atom. The first-order valence-electron chi connectivity index (χ1n) is 10.7. The maximum absolute atomic E-state index is 6.03. The highest BCUT2D eigenvalue weighted by Gasteiger charge is 2.13. The van der Waals surface area contributed by atoms with Crippen molar-refractivity contribution in [3.63, 3.8) is 0 Å². The van der Waals surface area contributed by atoms with Gasteiger partial charge in [-0.05, 0) is 81.4 Å². The molecular weight excluding hydrogens is 386 g/mol. The van der Waals surface area contributed by atoms with E-state index in [1.165, 1.54) is 16.7 Å². The van der Waals surface area contributed by atoms with Crippen LogP contribution in [0, 0.1) is 13.8 Å². The summed E-state index contributed by atoms with van der Waals surface area (Å²) in [5.41, 5.74) is 20.4. The third-order valence-corrected chi connectivity index (χ3v) is 5.65. The Bertz CT molecular complexity index is 1090. The molecule has 0 radical (unpaired) electrons. The maximum atomic E-state index is 6.03. The summed E-state index contributed by atoms with van der Waals surface area (Å²) in [6, 6.07) is -0.187. The van der Waals surface area contributed by atoms with Gasteiger partial charge in [0.05, 0.1) is 11.4 Å². The lowest BCUT2D eigenvalue weighted by Crippen LogP contribution is -2.19. The number of nitrogens with zero attached hydrogens (tertiary/aromatic N) is 2. The number of hydrogen-bond donors (Lipinski definition) is 5. The zero-order valence-corrected chi connectivity index (χ0v) is 19.7. The van der Waals surface area contributed by atoms with Crippen LogP contribution in [0.1, 0.15) is 47.5 Å². The average molecular weight is 424 g/mol. The number of H-pyrrole nitrogens is 2. The molecule has 7 nitrogen and oxygen atoms in total. The van der Waals surface area contributed by atoms with E-state index in [9.17, 15) is 0 Å². The highest BCUT2D eigenvalue weighted by atomic mass is 14.8. The third kappa shape index (κ3) is 5.50. The molecule has 2 heterocycles. The van der Waals surface area contributed by atoms with Crippen LogP contribution < -0.4 is 27.5 Å². The number of aliphatic imine (C=N–C) groups is 2. The molecule has 0 bridgehead atoms. The molecule has 31 heavy (non-hydrogen) atoms. The average Bonchev–Trinajstić information content (AvgIpc) is 3.20. The first-order valence-corrected chi connectivity index (χ1v) is 10.7. The number of nitrogens with two attached hydrogens (primary N) is 2. The van der Waals surface area contributed by atoms with Crippen molar-refractivity contribution in [1.82, 2.24) is 15.3 Å². The maximum Gasteiger partial charge on any atom is 0.0581 e. The summed E-state index contributed by atoms with van der Waals surface area (Å²) in [5.74, 6) is 0. The van der Waals surface area contributed by atoms with E-state index in [4.69, 9.17) is 11.5 Å². The number of nitrogens with one attached hydrogen (secondary N) is 3. The summed E-state index contributed by atoms with van der Waals surface area (Å²) in [6.45, 7) is 13.1. The van der Waals surface area contributed by atoms with Gasteiger partial charge in [0.25, 0.3) is 0 Å². The van der Waals surface area contributed by atoms with Crippen molar-refractivity contribution in [2.24, 2.45) is 21.5 Å². The van der Waals surface area contributed by atoms with E-state index in [1.54, 1.807) is 7.05 Å². The van der Waals surface area contributed by atoms with Crippen LogP contribution in [0.4, 0.5) is 0 Å². The predicted molar refractivity (Wildman–Crippen MR) is 134 cm³/mol. The minimum atomic E-state index is -0.187. The molecule has 0 aliphatic rings. The molecule has 7 N–H and O–H groups in total. The Labute approximate surface area is 185 Å². The van der Waals surface area contributed by atoms with Crippen LogP contribution in [0.25, 0.3) is 18.2 Å². The molecule has 0 saturated heterocycles. The molecule has 2 aromatic heterocycles. The Morgan fingerprint density at radius 1 is 1.16 bits per heavy atom. The zero-order chi connectivity index (χ0) is 23.1. The molecule has 1 unspecified atom stereocenters. The van der Waals surface area contributed by atoms with Gasteiger partial charge in [0, 0.05) is 48.3 Å². The molecule has 0 amide bonds. The van der Waals surface area contributed by atoms with Gasteiger partial charge in [0.15, 0.2) is 0 Å². The van der Waals surface area contributed by atoms with E-state index >= 15 is 0 Å². The lowest BCUT2D eigenvalue weighted by molar-refractivity contribution is 0.812. The van der Waals surface area contributed by atoms with Crippen LogP contribution >= 0.6 is 0 Å². The van der Waals surface area contributed by atoms with Crippen molar-refractivity contribution in [3.8, 4) is 0 Å². The van der Waals surface area contributed by atoms with Gasteiger partial charge in [-0.15, -0.1) is 0 Å². The van der Waals surface area contributed by atoms with Gasteiger partial charge < -0.3 is 26.8 Å². The van der Waals surface area contributed by atoms with E-state index in [1.807, 2.05) is 26.1 Å². The molecule has 0 aliphatic carbocycles. The molecule has 168 valence electrons. The van der Waals surface area contributed by atoms with Crippen LogP contribution in [0.3, 0.4) is 0 Å².